The van der Waals surface area contributed by atoms with Crippen LogP contribution < -0.4 is 28.4 Å². The molecule has 0 atom stereocenters. The molecule has 3 aromatic carbocycles. The largest absolute Gasteiger partial charge is 0.485 e. The Morgan fingerprint density at radius 3 is 0.882 bits per heavy atom. The molecule has 3 aliphatic heterocycles. The molecule has 51 heavy (non-hydrogen) atoms. The molecule has 0 fully saturated rings. The maximum absolute atomic E-state index is 5.94. The number of hydrogen-bond acceptors (Lipinski definition) is 12. The molecule has 0 spiro atoms. The zero-order valence-corrected chi connectivity index (χ0v) is 29.4. The number of hydrogen-bond donors (Lipinski definition) is 0. The minimum Gasteiger partial charge on any atom is -0.485 e. The minimum absolute atomic E-state index is 0.544. The van der Waals surface area contributed by atoms with E-state index < -0.39 is 0 Å². The molecule has 3 aliphatic rings. The number of rotatable bonds is 6. The maximum Gasteiger partial charge on any atom is 0.179 e. The van der Waals surface area contributed by atoms with E-state index in [1.165, 1.54) is 0 Å². The van der Waals surface area contributed by atoms with Crippen LogP contribution in [0.1, 0.15) is 0 Å². The van der Waals surface area contributed by atoms with Gasteiger partial charge in [-0.15, -0.1) is 34.0 Å². The Balaban J connectivity index is 1.02. The summed E-state index contributed by atoms with van der Waals surface area (Å²) in [6, 6.07) is 24.7. The number of ether oxygens (including phenoxy) is 6. The van der Waals surface area contributed by atoms with Crippen LogP contribution in [0.15, 0.2) is 88.9 Å². The van der Waals surface area contributed by atoms with Gasteiger partial charge in [-0.25, -0.2) is 15.0 Å². The van der Waals surface area contributed by atoms with Gasteiger partial charge in [-0.1, -0.05) is 72.8 Å². The Kier molecular flexibility index (Phi) is 7.58. The van der Waals surface area contributed by atoms with Gasteiger partial charge in [0.15, 0.2) is 52.0 Å². The number of benzene rings is 3. The van der Waals surface area contributed by atoms with E-state index in [1.807, 2.05) is 52.5 Å². The van der Waals surface area contributed by atoms with Crippen molar-refractivity contribution in [3.8, 4) is 100.0 Å². The lowest BCUT2D eigenvalue weighted by molar-refractivity contribution is 0.174. The van der Waals surface area contributed by atoms with E-state index >= 15 is 0 Å². The number of aromatic nitrogens is 3. The van der Waals surface area contributed by atoms with Gasteiger partial charge in [-0.3, -0.25) is 0 Å². The first kappa shape index (κ1) is 30.4. The van der Waals surface area contributed by atoms with Crippen molar-refractivity contribution >= 4 is 34.0 Å². The van der Waals surface area contributed by atoms with Crippen molar-refractivity contribution in [1.82, 2.24) is 15.0 Å². The molecule has 252 valence electrons. The van der Waals surface area contributed by atoms with Crippen molar-refractivity contribution in [2.75, 3.05) is 39.6 Å². The lowest BCUT2D eigenvalue weighted by atomic mass is 10.1. The van der Waals surface area contributed by atoms with Crippen LogP contribution in [0.25, 0.3) is 65.5 Å². The van der Waals surface area contributed by atoms with Crippen LogP contribution in [-0.2, 0) is 0 Å². The molecule has 0 bridgehead atoms. The summed E-state index contributed by atoms with van der Waals surface area (Å²) < 4.78 is 35.1. The molecule has 0 saturated carbocycles. The Labute approximate surface area is 304 Å². The summed E-state index contributed by atoms with van der Waals surface area (Å²) in [5.41, 5.74) is 5.78. The van der Waals surface area contributed by atoms with Crippen molar-refractivity contribution in [2.45, 2.75) is 0 Å². The second kappa shape index (κ2) is 12.7. The van der Waals surface area contributed by atoms with Crippen LogP contribution in [0.4, 0.5) is 0 Å². The molecule has 7 heterocycles. The number of fused-ring (bicyclic) bond motifs is 3. The topological polar surface area (TPSA) is 94.1 Å². The number of thiophene rings is 3. The predicted octanol–water partition coefficient (Wildman–Crippen LogP) is 9.37. The second-order valence-electron chi connectivity index (χ2n) is 11.9. The van der Waals surface area contributed by atoms with Gasteiger partial charge in [-0.2, -0.15) is 0 Å². The first-order valence-electron chi connectivity index (χ1n) is 16.4. The molecule has 4 aromatic heterocycles. The average Bonchev–Trinajstić information content (AvgIpc) is 3.95. The normalized spacial score (nSPS) is 14.4. The summed E-state index contributed by atoms with van der Waals surface area (Å²) >= 11 is 4.85. The van der Waals surface area contributed by atoms with Gasteiger partial charge in [0.1, 0.15) is 39.6 Å². The number of nitrogens with zero attached hydrogens (tertiary/aromatic N) is 3. The highest BCUT2D eigenvalue weighted by Crippen LogP contribution is 2.48. The van der Waals surface area contributed by atoms with E-state index in [0.717, 1.165) is 82.5 Å². The van der Waals surface area contributed by atoms with Crippen LogP contribution in [0, 0.1) is 0 Å². The lowest BCUT2D eigenvalue weighted by Gasteiger charge is -2.16. The first-order valence-corrected chi connectivity index (χ1v) is 19.1. The molecular formula is C39H27N3O6S3. The Morgan fingerprint density at radius 2 is 0.588 bits per heavy atom. The summed E-state index contributed by atoms with van der Waals surface area (Å²) in [7, 11) is 0. The lowest BCUT2D eigenvalue weighted by Crippen LogP contribution is -2.14. The highest BCUT2D eigenvalue weighted by atomic mass is 32.1. The van der Waals surface area contributed by atoms with E-state index in [9.17, 15) is 0 Å². The SMILES string of the molecule is c1cc(-c2scc3c2OCCO3)ccc1-c1nc(-c2ccc(-c3scc4c3OCCO4)cc2)nc(-c2ccc(-c3scc4c3OCCO4)cc2)n1. The van der Waals surface area contributed by atoms with Crippen LogP contribution in [0.2, 0.25) is 0 Å². The zero-order chi connectivity index (χ0) is 33.7. The fourth-order valence-electron chi connectivity index (χ4n) is 6.26. The third-order valence-corrected chi connectivity index (χ3v) is 11.7. The highest BCUT2D eigenvalue weighted by Gasteiger charge is 2.23. The molecule has 9 nitrogen and oxygen atoms in total. The summed E-state index contributed by atoms with van der Waals surface area (Å²) in [6.45, 7) is 3.33. The van der Waals surface area contributed by atoms with E-state index in [1.54, 1.807) is 34.0 Å². The van der Waals surface area contributed by atoms with Crippen LogP contribution in [-0.4, -0.2) is 54.6 Å². The first-order chi connectivity index (χ1) is 25.2. The Bertz CT molecular complexity index is 2110. The van der Waals surface area contributed by atoms with Crippen molar-refractivity contribution in [2.24, 2.45) is 0 Å². The molecule has 0 amide bonds. The van der Waals surface area contributed by atoms with E-state index in [4.69, 9.17) is 43.4 Å². The molecule has 0 unspecified atom stereocenters. The smallest absolute Gasteiger partial charge is 0.179 e. The summed E-state index contributed by atoms with van der Waals surface area (Å²) in [4.78, 5) is 18.1. The standard InChI is InChI=1S/C39H27N3O6S3/c1-7-25(8-2-22(1)34-31-28(19-49-34)43-13-16-46-31)37-40-38(26-9-3-23(4-10-26)35-32-29(20-50-35)44-14-17-47-32)42-39(41-37)27-11-5-24(6-12-27)36-33-30(21-51-36)45-15-18-48-33/h1-12,19-21H,13-18H2. The molecular weight excluding hydrogens is 703 g/mol. The van der Waals surface area contributed by atoms with E-state index in [2.05, 4.69) is 36.4 Å². The van der Waals surface area contributed by atoms with E-state index in [0.29, 0.717) is 57.1 Å². The Hall–Kier alpha value is -5.43. The quantitative estimate of drug-likeness (QED) is 0.166. The average molecular weight is 730 g/mol. The Morgan fingerprint density at radius 1 is 0.333 bits per heavy atom. The third kappa shape index (κ3) is 5.56. The van der Waals surface area contributed by atoms with Crippen molar-refractivity contribution in [3.63, 3.8) is 0 Å². The zero-order valence-electron chi connectivity index (χ0n) is 26.9. The van der Waals surface area contributed by atoms with E-state index in [-0.39, 0.29) is 0 Å². The van der Waals surface area contributed by atoms with Crippen molar-refractivity contribution in [3.05, 3.63) is 88.9 Å². The van der Waals surface area contributed by atoms with Crippen LogP contribution in [0.3, 0.4) is 0 Å². The van der Waals surface area contributed by atoms with Gasteiger partial charge in [0, 0.05) is 32.8 Å². The second-order valence-corrected chi connectivity index (χ2v) is 14.5. The fraction of sp³-hybridized carbons (Fsp3) is 0.154. The molecule has 0 aliphatic carbocycles. The fourth-order valence-corrected chi connectivity index (χ4v) is 9.08. The molecule has 0 radical (unpaired) electrons. The molecule has 12 heteroatoms. The van der Waals surface area contributed by atoms with Gasteiger partial charge < -0.3 is 28.4 Å². The van der Waals surface area contributed by atoms with Crippen LogP contribution >= 0.6 is 34.0 Å². The monoisotopic (exact) mass is 729 g/mol. The van der Waals surface area contributed by atoms with Gasteiger partial charge in [0.05, 0.1) is 14.6 Å². The van der Waals surface area contributed by atoms with Gasteiger partial charge in [0.25, 0.3) is 0 Å². The predicted molar refractivity (Wildman–Crippen MR) is 199 cm³/mol. The third-order valence-electron chi connectivity index (χ3n) is 8.75. The van der Waals surface area contributed by atoms with Gasteiger partial charge in [0.2, 0.25) is 0 Å². The molecule has 7 aromatic rings. The molecule has 0 N–H and O–H groups in total. The summed E-state index contributed by atoms with van der Waals surface area (Å²) in [5.74, 6) is 6.56. The molecule has 10 rings (SSSR count). The minimum atomic E-state index is 0.544. The maximum atomic E-state index is 5.94. The summed E-state index contributed by atoms with van der Waals surface area (Å²) in [6.07, 6.45) is 0. The van der Waals surface area contributed by atoms with Crippen molar-refractivity contribution in [1.29, 1.82) is 0 Å². The summed E-state index contributed by atoms with van der Waals surface area (Å²) in [5, 5.41) is 6.00. The van der Waals surface area contributed by atoms with Gasteiger partial charge in [-0.05, 0) is 16.7 Å². The molecule has 0 saturated heterocycles. The highest BCUT2D eigenvalue weighted by molar-refractivity contribution is 7.15. The van der Waals surface area contributed by atoms with Crippen molar-refractivity contribution < 1.29 is 28.4 Å². The van der Waals surface area contributed by atoms with Crippen LogP contribution in [0.5, 0.6) is 34.5 Å². The van der Waals surface area contributed by atoms with Gasteiger partial charge >= 0.3 is 0 Å².